The maximum absolute atomic E-state index is 11.6. The SMILES string of the molecule is CC(CCO)NC(=O)CCCc1nc(C(C)C)no1. The lowest BCUT2D eigenvalue weighted by Gasteiger charge is -2.11. The molecule has 2 N–H and O–H groups in total. The van der Waals surface area contributed by atoms with Gasteiger partial charge >= 0.3 is 0 Å². The molecule has 0 fully saturated rings. The van der Waals surface area contributed by atoms with E-state index in [0.29, 0.717) is 37.4 Å². The predicted molar refractivity (Wildman–Crippen MR) is 70.6 cm³/mol. The van der Waals surface area contributed by atoms with Gasteiger partial charge in [0.05, 0.1) is 0 Å². The van der Waals surface area contributed by atoms with Gasteiger partial charge in [0.1, 0.15) is 0 Å². The van der Waals surface area contributed by atoms with Crippen molar-refractivity contribution in [3.05, 3.63) is 11.7 Å². The molecule has 1 heterocycles. The van der Waals surface area contributed by atoms with Crippen LogP contribution in [0.2, 0.25) is 0 Å². The van der Waals surface area contributed by atoms with Gasteiger partial charge in [-0.1, -0.05) is 19.0 Å². The zero-order valence-corrected chi connectivity index (χ0v) is 11.8. The summed E-state index contributed by atoms with van der Waals surface area (Å²) >= 11 is 0. The van der Waals surface area contributed by atoms with Gasteiger partial charge in [-0.05, 0) is 19.8 Å². The molecule has 0 radical (unpaired) electrons. The van der Waals surface area contributed by atoms with Crippen LogP contribution in [0.25, 0.3) is 0 Å². The van der Waals surface area contributed by atoms with Gasteiger partial charge in [-0.15, -0.1) is 0 Å². The Kier molecular flexibility index (Phi) is 6.49. The topological polar surface area (TPSA) is 88.2 Å². The Morgan fingerprint density at radius 2 is 2.16 bits per heavy atom. The number of nitrogens with zero attached hydrogens (tertiary/aromatic N) is 2. The van der Waals surface area contributed by atoms with Crippen molar-refractivity contribution in [2.24, 2.45) is 0 Å². The second-order valence-electron chi connectivity index (χ2n) is 5.04. The summed E-state index contributed by atoms with van der Waals surface area (Å²) in [7, 11) is 0. The normalized spacial score (nSPS) is 12.7. The molecule has 0 spiro atoms. The second-order valence-corrected chi connectivity index (χ2v) is 5.04. The van der Waals surface area contributed by atoms with Crippen LogP contribution >= 0.6 is 0 Å². The highest BCUT2D eigenvalue weighted by atomic mass is 16.5. The molecule has 1 atom stereocenters. The number of aryl methyl sites for hydroxylation is 1. The number of carbonyl (C=O) groups is 1. The Morgan fingerprint density at radius 1 is 1.42 bits per heavy atom. The first-order valence-electron chi connectivity index (χ1n) is 6.75. The van der Waals surface area contributed by atoms with Gasteiger partial charge in [-0.25, -0.2) is 0 Å². The van der Waals surface area contributed by atoms with E-state index in [1.807, 2.05) is 20.8 Å². The molecule has 0 saturated carbocycles. The standard InChI is InChI=1S/C13H23N3O3/c1-9(2)13-15-12(19-16-13)6-4-5-11(18)14-10(3)7-8-17/h9-10,17H,4-8H2,1-3H3,(H,14,18). The van der Waals surface area contributed by atoms with Crippen LogP contribution in [0.1, 0.15) is 57.7 Å². The summed E-state index contributed by atoms with van der Waals surface area (Å²) in [6, 6.07) is 0.00782. The molecular weight excluding hydrogens is 246 g/mol. The van der Waals surface area contributed by atoms with Crippen LogP contribution in [0.5, 0.6) is 0 Å². The molecule has 0 aliphatic heterocycles. The van der Waals surface area contributed by atoms with Crippen molar-refractivity contribution in [3.8, 4) is 0 Å². The van der Waals surface area contributed by atoms with E-state index in [4.69, 9.17) is 9.63 Å². The van der Waals surface area contributed by atoms with E-state index < -0.39 is 0 Å². The van der Waals surface area contributed by atoms with Gasteiger partial charge in [0.25, 0.3) is 0 Å². The van der Waals surface area contributed by atoms with E-state index in [2.05, 4.69) is 15.5 Å². The molecule has 19 heavy (non-hydrogen) atoms. The van der Waals surface area contributed by atoms with Gasteiger partial charge in [-0.3, -0.25) is 4.79 Å². The largest absolute Gasteiger partial charge is 0.396 e. The van der Waals surface area contributed by atoms with Gasteiger partial charge in [0.15, 0.2) is 5.82 Å². The molecule has 1 amide bonds. The molecule has 6 nitrogen and oxygen atoms in total. The molecular formula is C13H23N3O3. The third kappa shape index (κ3) is 5.83. The summed E-state index contributed by atoms with van der Waals surface area (Å²) in [4.78, 5) is 15.8. The first-order chi connectivity index (χ1) is 9.02. The fourth-order valence-electron chi connectivity index (χ4n) is 1.62. The minimum atomic E-state index is -0.00968. The van der Waals surface area contributed by atoms with Crippen LogP contribution in [0, 0.1) is 0 Å². The van der Waals surface area contributed by atoms with Crippen molar-refractivity contribution in [2.45, 2.75) is 58.4 Å². The van der Waals surface area contributed by atoms with E-state index in [9.17, 15) is 4.79 Å². The third-order valence-electron chi connectivity index (χ3n) is 2.76. The molecule has 1 aromatic rings. The van der Waals surface area contributed by atoms with Crippen molar-refractivity contribution in [1.29, 1.82) is 0 Å². The first kappa shape index (κ1) is 15.6. The monoisotopic (exact) mass is 269 g/mol. The zero-order chi connectivity index (χ0) is 14.3. The molecule has 0 saturated heterocycles. The molecule has 0 aromatic carbocycles. The van der Waals surface area contributed by atoms with E-state index in [-0.39, 0.29) is 24.5 Å². The highest BCUT2D eigenvalue weighted by Crippen LogP contribution is 2.11. The Morgan fingerprint density at radius 3 is 2.74 bits per heavy atom. The first-order valence-corrected chi connectivity index (χ1v) is 6.75. The van der Waals surface area contributed by atoms with Crippen LogP contribution in [-0.4, -0.2) is 33.8 Å². The minimum absolute atomic E-state index is 0.00782. The number of aliphatic hydroxyl groups is 1. The minimum Gasteiger partial charge on any atom is -0.396 e. The highest BCUT2D eigenvalue weighted by Gasteiger charge is 2.11. The van der Waals surface area contributed by atoms with Crippen molar-refractivity contribution in [3.63, 3.8) is 0 Å². The van der Waals surface area contributed by atoms with Crippen LogP contribution in [0.4, 0.5) is 0 Å². The summed E-state index contributed by atoms with van der Waals surface area (Å²) < 4.78 is 5.10. The quantitative estimate of drug-likeness (QED) is 0.744. The third-order valence-corrected chi connectivity index (χ3v) is 2.76. The van der Waals surface area contributed by atoms with Crippen molar-refractivity contribution in [2.75, 3.05) is 6.61 Å². The maximum atomic E-state index is 11.6. The molecule has 0 aliphatic rings. The summed E-state index contributed by atoms with van der Waals surface area (Å²) in [6.45, 7) is 5.97. The van der Waals surface area contributed by atoms with E-state index in [0.717, 1.165) is 0 Å². The summed E-state index contributed by atoms with van der Waals surface area (Å²) in [5.41, 5.74) is 0. The van der Waals surface area contributed by atoms with Gasteiger partial charge < -0.3 is 14.9 Å². The Hall–Kier alpha value is -1.43. The fourth-order valence-corrected chi connectivity index (χ4v) is 1.62. The summed E-state index contributed by atoms with van der Waals surface area (Å²) in [6.07, 6.45) is 2.29. The summed E-state index contributed by atoms with van der Waals surface area (Å²) in [5.74, 6) is 1.53. The second kappa shape index (κ2) is 7.89. The summed E-state index contributed by atoms with van der Waals surface area (Å²) in [5, 5.41) is 15.4. The number of hydrogen-bond acceptors (Lipinski definition) is 5. The number of carbonyl (C=O) groups excluding carboxylic acids is 1. The number of amides is 1. The molecule has 108 valence electrons. The van der Waals surface area contributed by atoms with Crippen LogP contribution in [-0.2, 0) is 11.2 Å². The lowest BCUT2D eigenvalue weighted by molar-refractivity contribution is -0.121. The van der Waals surface area contributed by atoms with Gasteiger partial charge in [-0.2, -0.15) is 4.98 Å². The Labute approximate surface area is 113 Å². The maximum Gasteiger partial charge on any atom is 0.226 e. The highest BCUT2D eigenvalue weighted by molar-refractivity contribution is 5.76. The van der Waals surface area contributed by atoms with E-state index in [1.165, 1.54) is 0 Å². The van der Waals surface area contributed by atoms with Gasteiger partial charge in [0, 0.05) is 31.4 Å². The van der Waals surface area contributed by atoms with Crippen molar-refractivity contribution < 1.29 is 14.4 Å². The lowest BCUT2D eigenvalue weighted by Crippen LogP contribution is -2.33. The number of hydrogen-bond donors (Lipinski definition) is 2. The zero-order valence-electron chi connectivity index (χ0n) is 11.8. The Balaban J connectivity index is 2.24. The van der Waals surface area contributed by atoms with Crippen molar-refractivity contribution >= 4 is 5.91 Å². The molecule has 1 rings (SSSR count). The average Bonchev–Trinajstić information content (AvgIpc) is 2.78. The average molecular weight is 269 g/mol. The van der Waals surface area contributed by atoms with Crippen LogP contribution < -0.4 is 5.32 Å². The molecule has 1 unspecified atom stereocenters. The predicted octanol–water partition coefficient (Wildman–Crippen LogP) is 1.40. The van der Waals surface area contributed by atoms with E-state index in [1.54, 1.807) is 0 Å². The molecule has 6 heteroatoms. The smallest absolute Gasteiger partial charge is 0.226 e. The fraction of sp³-hybridized carbons (Fsp3) is 0.769. The van der Waals surface area contributed by atoms with Gasteiger partial charge in [0.2, 0.25) is 11.8 Å². The van der Waals surface area contributed by atoms with Crippen LogP contribution in [0.3, 0.4) is 0 Å². The number of nitrogens with one attached hydrogen (secondary N) is 1. The number of aliphatic hydroxyl groups excluding tert-OH is 1. The van der Waals surface area contributed by atoms with E-state index >= 15 is 0 Å². The molecule has 1 aromatic heterocycles. The lowest BCUT2D eigenvalue weighted by atomic mass is 10.2. The number of aromatic nitrogens is 2. The molecule has 0 bridgehead atoms. The van der Waals surface area contributed by atoms with Crippen molar-refractivity contribution in [1.82, 2.24) is 15.5 Å². The van der Waals surface area contributed by atoms with Crippen LogP contribution in [0.15, 0.2) is 4.52 Å². The molecule has 0 aliphatic carbocycles. The Bertz CT molecular complexity index is 390. The number of rotatable bonds is 8.